The van der Waals surface area contributed by atoms with Gasteiger partial charge in [0.25, 0.3) is 15.9 Å². The first-order chi connectivity index (χ1) is 18.9. The van der Waals surface area contributed by atoms with E-state index in [0.29, 0.717) is 18.0 Å². The minimum absolute atomic E-state index is 0.0241. The van der Waals surface area contributed by atoms with Crippen LogP contribution in [0.15, 0.2) is 87.0 Å². The maximum Gasteiger partial charge on any atom is 0.311 e. The second kappa shape index (κ2) is 11.5. The summed E-state index contributed by atoms with van der Waals surface area (Å²) in [6, 6.07) is 14.4. The van der Waals surface area contributed by atoms with Gasteiger partial charge in [-0.3, -0.25) is 14.1 Å². The van der Waals surface area contributed by atoms with E-state index in [1.54, 1.807) is 38.1 Å². The van der Waals surface area contributed by atoms with E-state index in [9.17, 15) is 22.5 Å². The molecule has 2 unspecified atom stereocenters. The molecule has 1 amide bonds. The van der Waals surface area contributed by atoms with Crippen molar-refractivity contribution in [2.24, 2.45) is 15.3 Å². The van der Waals surface area contributed by atoms with Crippen LogP contribution in [0.2, 0.25) is 0 Å². The molecule has 16 heteroatoms. The van der Waals surface area contributed by atoms with Gasteiger partial charge >= 0.3 is 9.05 Å². The van der Waals surface area contributed by atoms with Crippen LogP contribution in [0, 0.1) is 0 Å². The van der Waals surface area contributed by atoms with Crippen LogP contribution in [0.1, 0.15) is 13.8 Å². The first kappa shape index (κ1) is 28.9. The maximum absolute atomic E-state index is 13.0. The number of hydrogen-bond acceptors (Lipinski definition) is 11. The lowest BCUT2D eigenvalue weighted by Crippen LogP contribution is -2.29. The lowest BCUT2D eigenvalue weighted by atomic mass is 10.2. The SMILES string of the molecule is CCOc1ccccc1NS(=O)(=O)c1ccc(O)c(N=NC2C(=O)N(c3ccc(OS(=O)(O)=S)cc3)N=C2C)c1. The second-order valence-electron chi connectivity index (χ2n) is 8.20. The molecule has 4 rings (SSSR count). The van der Waals surface area contributed by atoms with Gasteiger partial charge in [-0.25, -0.2) is 8.42 Å². The zero-order chi connectivity index (χ0) is 29.1. The highest BCUT2D eigenvalue weighted by Gasteiger charge is 2.35. The molecule has 40 heavy (non-hydrogen) atoms. The first-order valence-corrected chi connectivity index (χ1v) is 15.4. The number of rotatable bonds is 10. The topological polar surface area (TPSA) is 180 Å². The summed E-state index contributed by atoms with van der Waals surface area (Å²) in [5, 5.41) is 23.5. The van der Waals surface area contributed by atoms with E-state index >= 15 is 0 Å². The molecule has 210 valence electrons. The third kappa shape index (κ3) is 6.71. The van der Waals surface area contributed by atoms with E-state index in [1.807, 2.05) is 0 Å². The fraction of sp³-hybridized carbons (Fsp3) is 0.167. The Labute approximate surface area is 234 Å². The number of phenols is 1. The number of nitrogens with one attached hydrogen (secondary N) is 1. The van der Waals surface area contributed by atoms with Crippen LogP contribution in [0.3, 0.4) is 0 Å². The van der Waals surface area contributed by atoms with E-state index in [0.717, 1.165) is 17.1 Å². The molecule has 0 saturated carbocycles. The van der Waals surface area contributed by atoms with Gasteiger partial charge < -0.3 is 14.0 Å². The molecular formula is C24H23N5O8S3. The summed E-state index contributed by atoms with van der Waals surface area (Å²) in [6.07, 6.45) is 0. The van der Waals surface area contributed by atoms with E-state index < -0.39 is 31.0 Å². The normalized spacial score (nSPS) is 17.0. The number of phenolic OH excluding ortho intramolecular Hbond substituents is 1. The van der Waals surface area contributed by atoms with Crippen molar-refractivity contribution in [1.29, 1.82) is 0 Å². The number of para-hydroxylation sites is 2. The number of hydrogen-bond donors (Lipinski definition) is 3. The van der Waals surface area contributed by atoms with Gasteiger partial charge in [-0.15, -0.1) is 0 Å². The average molecular weight is 606 g/mol. The number of carbonyl (C=O) groups is 1. The van der Waals surface area contributed by atoms with Gasteiger partial charge in [-0.1, -0.05) is 12.1 Å². The molecule has 1 aliphatic heterocycles. The first-order valence-electron chi connectivity index (χ1n) is 11.5. The molecule has 3 aromatic carbocycles. The smallest absolute Gasteiger partial charge is 0.311 e. The third-order valence-corrected chi connectivity index (χ3v) is 7.32. The summed E-state index contributed by atoms with van der Waals surface area (Å²) in [4.78, 5) is 12.8. The molecule has 0 saturated heterocycles. The lowest BCUT2D eigenvalue weighted by molar-refractivity contribution is -0.117. The van der Waals surface area contributed by atoms with E-state index in [4.69, 9.17) is 13.5 Å². The average Bonchev–Trinajstić information content (AvgIpc) is 3.17. The zero-order valence-corrected chi connectivity index (χ0v) is 23.4. The van der Waals surface area contributed by atoms with Gasteiger partial charge in [0.2, 0.25) is 0 Å². The predicted molar refractivity (Wildman–Crippen MR) is 151 cm³/mol. The number of aromatic hydroxyl groups is 1. The van der Waals surface area contributed by atoms with Crippen molar-refractivity contribution in [2.45, 2.75) is 24.8 Å². The molecule has 3 N–H and O–H groups in total. The molecule has 1 heterocycles. The Morgan fingerprint density at radius 1 is 1.10 bits per heavy atom. The highest BCUT2D eigenvalue weighted by atomic mass is 32.9. The van der Waals surface area contributed by atoms with Gasteiger partial charge in [0.15, 0.2) is 6.04 Å². The van der Waals surface area contributed by atoms with Crippen LogP contribution in [-0.2, 0) is 35.1 Å². The van der Waals surface area contributed by atoms with Crippen LogP contribution >= 0.6 is 0 Å². The van der Waals surface area contributed by atoms with Gasteiger partial charge in [0.05, 0.1) is 39.8 Å². The number of anilines is 2. The highest BCUT2D eigenvalue weighted by Crippen LogP contribution is 2.33. The molecule has 0 aromatic heterocycles. The Balaban J connectivity index is 1.53. The molecule has 0 spiro atoms. The van der Waals surface area contributed by atoms with Crippen molar-refractivity contribution in [1.82, 2.24) is 0 Å². The molecule has 0 fully saturated rings. The predicted octanol–water partition coefficient (Wildman–Crippen LogP) is 3.98. The highest BCUT2D eigenvalue weighted by molar-refractivity contribution is 8.27. The Hall–Kier alpha value is -4.12. The largest absolute Gasteiger partial charge is 0.506 e. The van der Waals surface area contributed by atoms with Gasteiger partial charge in [-0.2, -0.15) is 24.5 Å². The Bertz CT molecular complexity index is 1710. The summed E-state index contributed by atoms with van der Waals surface area (Å²) in [7, 11) is -7.98. The number of benzene rings is 3. The van der Waals surface area contributed by atoms with Crippen molar-refractivity contribution in [3.63, 3.8) is 0 Å². The molecule has 3 aromatic rings. The van der Waals surface area contributed by atoms with Crippen molar-refractivity contribution in [2.75, 3.05) is 16.3 Å². The third-order valence-electron chi connectivity index (χ3n) is 5.35. The fourth-order valence-corrected chi connectivity index (χ4v) is 5.23. The van der Waals surface area contributed by atoms with Gasteiger partial charge in [0, 0.05) is 0 Å². The second-order valence-corrected chi connectivity index (χ2v) is 12.2. The molecular weight excluding hydrogens is 582 g/mol. The minimum atomic E-state index is -4.10. The van der Waals surface area contributed by atoms with Crippen LogP contribution in [0.4, 0.5) is 17.1 Å². The molecule has 13 nitrogen and oxygen atoms in total. The standard InChI is InChI=1S/C24H23N5O8S3/c1-3-36-22-7-5-4-6-19(22)28-39(32,33)18-12-13-21(30)20(14-18)25-26-23-15(2)27-29(24(23)31)16-8-10-17(11-9-16)37-40(34,35)38/h4-14,23,28,30H,3H2,1-2H3,(H,34,35,38). The maximum atomic E-state index is 13.0. The van der Waals surface area contributed by atoms with E-state index in [2.05, 4.69) is 31.2 Å². The molecule has 2 atom stereocenters. The molecule has 0 bridgehead atoms. The number of amides is 1. The molecule has 1 aliphatic rings. The fourth-order valence-electron chi connectivity index (χ4n) is 3.55. The Morgan fingerprint density at radius 3 is 2.48 bits per heavy atom. The van der Waals surface area contributed by atoms with Crippen LogP contribution < -0.4 is 18.7 Å². The summed E-state index contributed by atoms with van der Waals surface area (Å²) in [6.45, 7) is 3.66. The van der Waals surface area contributed by atoms with Gasteiger partial charge in [0.1, 0.15) is 22.9 Å². The quantitative estimate of drug-likeness (QED) is 0.288. The molecule has 0 aliphatic carbocycles. The van der Waals surface area contributed by atoms with Crippen molar-refractivity contribution in [3.05, 3.63) is 66.7 Å². The number of carbonyl (C=O) groups excluding carboxylic acids is 1. The summed E-state index contributed by atoms with van der Waals surface area (Å²) >= 11 is 4.30. The van der Waals surface area contributed by atoms with Crippen molar-refractivity contribution in [3.8, 4) is 17.2 Å². The summed E-state index contributed by atoms with van der Waals surface area (Å²) < 4.78 is 59.1. The Kier molecular flexibility index (Phi) is 8.34. The van der Waals surface area contributed by atoms with E-state index in [1.165, 1.54) is 30.3 Å². The summed E-state index contributed by atoms with van der Waals surface area (Å²) in [5.74, 6) is -0.549. The minimum Gasteiger partial charge on any atom is -0.506 e. The van der Waals surface area contributed by atoms with E-state index in [-0.39, 0.29) is 33.5 Å². The van der Waals surface area contributed by atoms with Crippen molar-refractivity contribution >= 4 is 58.9 Å². The van der Waals surface area contributed by atoms with Crippen LogP contribution in [-0.4, -0.2) is 46.6 Å². The van der Waals surface area contributed by atoms with Crippen LogP contribution in [0.5, 0.6) is 17.2 Å². The number of azo groups is 1. The monoisotopic (exact) mass is 605 g/mol. The van der Waals surface area contributed by atoms with Gasteiger partial charge in [-0.05, 0) is 68.4 Å². The van der Waals surface area contributed by atoms with Crippen molar-refractivity contribution < 1.29 is 36.0 Å². The number of ether oxygens (including phenoxy) is 1. The number of hydrazone groups is 1. The Morgan fingerprint density at radius 2 is 1.80 bits per heavy atom. The number of sulfonamides is 1. The molecule has 0 radical (unpaired) electrons. The number of nitrogens with zero attached hydrogens (tertiary/aromatic N) is 4. The van der Waals surface area contributed by atoms with Crippen LogP contribution in [0.25, 0.3) is 0 Å². The zero-order valence-electron chi connectivity index (χ0n) is 21.0. The summed E-state index contributed by atoms with van der Waals surface area (Å²) in [5.41, 5.74) is 0.656. The lowest BCUT2D eigenvalue weighted by Gasteiger charge is -2.13.